The van der Waals surface area contributed by atoms with Gasteiger partial charge in [0.15, 0.2) is 0 Å². The second-order valence-corrected chi connectivity index (χ2v) is 40.3. The van der Waals surface area contributed by atoms with Crippen LogP contribution in [0, 0.1) is 0 Å². The molecule has 2 aliphatic rings. The SMILES string of the molecule is CC(C)(C)c1cc2c(cc1-c1ccccc1)[CH]([Zr]([Cl])([Cl])(=[C](c1ccc3ccccc3c1)c1ccc3ccccc3c1)[CH]1C=CC=C1)c1cc(-c3ccccc3)c(C(C)(C)C)cc1-2. The van der Waals surface area contributed by atoms with Crippen LogP contribution in [0.5, 0.6) is 0 Å². The topological polar surface area (TPSA) is 0 Å². The van der Waals surface area contributed by atoms with Gasteiger partial charge in [-0.15, -0.1) is 0 Å². The van der Waals surface area contributed by atoms with Gasteiger partial charge >= 0.3 is 378 Å². The molecular weight excluding hydrogens is 871 g/mol. The predicted octanol–water partition coefficient (Wildman–Crippen LogP) is 17.2. The molecule has 2 aliphatic carbocycles. The third kappa shape index (κ3) is 6.79. The fourth-order valence-corrected chi connectivity index (χ4v) is 29.9. The van der Waals surface area contributed by atoms with Crippen molar-refractivity contribution in [2.75, 3.05) is 0 Å². The first-order chi connectivity index (χ1) is 29.7. The van der Waals surface area contributed by atoms with Crippen LogP contribution in [0.3, 0.4) is 0 Å². The molecule has 0 amide bonds. The van der Waals surface area contributed by atoms with Gasteiger partial charge in [-0.25, -0.2) is 0 Å². The summed E-state index contributed by atoms with van der Waals surface area (Å²) in [7, 11) is 18.6. The molecule has 0 N–H and O–H groups in total. The van der Waals surface area contributed by atoms with Crippen LogP contribution in [-0.4, -0.2) is 3.21 Å². The molecule has 62 heavy (non-hydrogen) atoms. The van der Waals surface area contributed by atoms with Crippen molar-refractivity contribution in [2.24, 2.45) is 0 Å². The van der Waals surface area contributed by atoms with Crippen LogP contribution in [0.25, 0.3) is 54.9 Å². The molecular formula is C59H52Cl2Zr. The van der Waals surface area contributed by atoms with Crippen molar-refractivity contribution in [1.82, 2.24) is 0 Å². The molecule has 0 fully saturated rings. The third-order valence-corrected chi connectivity index (χ3v) is 33.2. The van der Waals surface area contributed by atoms with Gasteiger partial charge < -0.3 is 0 Å². The number of allylic oxidation sites excluding steroid dienone is 4. The Kier molecular flexibility index (Phi) is 10.0. The van der Waals surface area contributed by atoms with Gasteiger partial charge in [0.1, 0.15) is 0 Å². The number of benzene rings is 8. The Bertz CT molecular complexity index is 3000. The number of rotatable bonds is 6. The van der Waals surface area contributed by atoms with E-state index in [1.54, 1.807) is 0 Å². The van der Waals surface area contributed by atoms with Crippen LogP contribution in [0.2, 0.25) is 3.63 Å². The van der Waals surface area contributed by atoms with Crippen LogP contribution in [-0.2, 0) is 26.7 Å². The van der Waals surface area contributed by atoms with E-state index in [0.29, 0.717) is 0 Å². The maximum atomic E-state index is 9.29. The first-order valence-electron chi connectivity index (χ1n) is 22.0. The summed E-state index contributed by atoms with van der Waals surface area (Å²) in [6, 6.07) is 62.8. The molecule has 0 nitrogen and oxygen atoms in total. The Hall–Kier alpha value is -4.91. The molecule has 3 heteroatoms. The second kappa shape index (κ2) is 15.1. The van der Waals surface area contributed by atoms with Crippen molar-refractivity contribution >= 4 is 41.8 Å². The Morgan fingerprint density at radius 2 is 0.806 bits per heavy atom. The molecule has 0 radical (unpaired) electrons. The zero-order valence-corrected chi connectivity index (χ0v) is 40.4. The number of hydrogen-bond acceptors (Lipinski definition) is 0. The minimum absolute atomic E-state index is 0.139. The van der Waals surface area contributed by atoms with Crippen molar-refractivity contribution < 1.29 is 15.9 Å². The monoisotopic (exact) mass is 920 g/mol. The molecule has 0 heterocycles. The molecule has 0 unspecified atom stereocenters. The molecule has 306 valence electrons. The summed E-state index contributed by atoms with van der Waals surface area (Å²) >= 11 is -5.83. The fourth-order valence-electron chi connectivity index (χ4n) is 10.6. The number of fused-ring (bicyclic) bond motifs is 5. The summed E-state index contributed by atoms with van der Waals surface area (Å²) in [5.74, 6) is 0. The van der Waals surface area contributed by atoms with Crippen molar-refractivity contribution in [2.45, 2.75) is 59.6 Å². The standard InChI is InChI=1S/C33H33.C21H14.C5H5.2ClH.Zr/c1-32(2,3)30-20-26-24(18-28(30)22-13-9-7-10-14-22)17-25-19-29(23-15-11-8-12-16-23)31(21-27(25)26)33(4,5)6;1-3-7-20-14-16(9-11-18(20)5-1)13-17-10-12-19-6-2-4-8-21(19)15-17;1-2-4-5-3-1;;;/h7-21H,1-6H3;1-12,14-15H;1-5H;2*1H;/q;;;;;+2/p-2. The van der Waals surface area contributed by atoms with E-state index in [2.05, 4.69) is 236 Å². The first-order valence-corrected chi connectivity index (χ1v) is 32.4. The Morgan fingerprint density at radius 3 is 1.21 bits per heavy atom. The summed E-state index contributed by atoms with van der Waals surface area (Å²) < 4.78 is 0.600. The van der Waals surface area contributed by atoms with E-state index in [9.17, 15) is 17.0 Å². The summed E-state index contributed by atoms with van der Waals surface area (Å²) in [4.78, 5) is 0. The predicted molar refractivity (Wildman–Crippen MR) is 267 cm³/mol. The van der Waals surface area contributed by atoms with Crippen molar-refractivity contribution in [3.8, 4) is 33.4 Å². The van der Waals surface area contributed by atoms with Gasteiger partial charge in [0.05, 0.1) is 0 Å². The minimum atomic E-state index is -5.83. The average Bonchev–Trinajstić information content (AvgIpc) is 3.94. The third-order valence-electron chi connectivity index (χ3n) is 13.5. The van der Waals surface area contributed by atoms with Crippen molar-refractivity contribution in [1.29, 1.82) is 0 Å². The first kappa shape index (κ1) is 41.1. The summed E-state index contributed by atoms with van der Waals surface area (Å²) in [5.41, 5.74) is 14.3. The second-order valence-electron chi connectivity index (χ2n) is 19.6. The molecule has 0 saturated heterocycles. The zero-order valence-electron chi connectivity index (χ0n) is 36.4. The van der Waals surface area contributed by atoms with Gasteiger partial charge in [-0.05, 0) is 0 Å². The van der Waals surface area contributed by atoms with E-state index in [-0.39, 0.29) is 18.1 Å². The molecule has 0 aromatic heterocycles. The van der Waals surface area contributed by atoms with Crippen LogP contribution < -0.4 is 0 Å². The molecule has 0 atom stereocenters. The van der Waals surface area contributed by atoms with E-state index in [1.165, 1.54) is 77.2 Å². The quantitative estimate of drug-likeness (QED) is 0.156. The molecule has 0 aliphatic heterocycles. The van der Waals surface area contributed by atoms with Crippen molar-refractivity contribution in [3.63, 3.8) is 0 Å². The van der Waals surface area contributed by atoms with E-state index in [4.69, 9.17) is 0 Å². The van der Waals surface area contributed by atoms with Crippen LogP contribution in [0.15, 0.2) is 194 Å². The summed E-state index contributed by atoms with van der Waals surface area (Å²) in [6.07, 6.45) is 8.92. The van der Waals surface area contributed by atoms with Crippen LogP contribution in [0.4, 0.5) is 0 Å². The van der Waals surface area contributed by atoms with Gasteiger partial charge in [-0.2, -0.15) is 0 Å². The van der Waals surface area contributed by atoms with Crippen molar-refractivity contribution in [3.05, 3.63) is 228 Å². The van der Waals surface area contributed by atoms with E-state index in [1.807, 2.05) is 0 Å². The Balaban J connectivity index is 1.43. The molecule has 8 aromatic carbocycles. The summed E-state index contributed by atoms with van der Waals surface area (Å²) in [5, 5.41) is 4.71. The fraction of sp³-hybridized carbons (Fsp3) is 0.169. The summed E-state index contributed by atoms with van der Waals surface area (Å²) in [6.45, 7) is 14.0. The molecule has 0 saturated carbocycles. The van der Waals surface area contributed by atoms with Crippen LogP contribution >= 0.6 is 17.0 Å². The van der Waals surface area contributed by atoms with Gasteiger partial charge in [0, 0.05) is 0 Å². The van der Waals surface area contributed by atoms with E-state index in [0.717, 1.165) is 14.3 Å². The molecule has 8 aromatic rings. The molecule has 10 rings (SSSR count). The zero-order chi connectivity index (χ0) is 43.0. The normalized spacial score (nSPS) is 14.5. The Labute approximate surface area is 375 Å². The number of halogens is 2. The molecule has 0 bridgehead atoms. The molecule has 0 spiro atoms. The van der Waals surface area contributed by atoms with Gasteiger partial charge in [-0.1, -0.05) is 0 Å². The Morgan fingerprint density at radius 1 is 0.419 bits per heavy atom. The number of hydrogen-bond donors (Lipinski definition) is 0. The van der Waals surface area contributed by atoms with E-state index < -0.39 is 15.9 Å². The van der Waals surface area contributed by atoms with Crippen LogP contribution in [0.1, 0.15) is 78.5 Å². The van der Waals surface area contributed by atoms with Gasteiger partial charge in [0.2, 0.25) is 0 Å². The van der Waals surface area contributed by atoms with Gasteiger partial charge in [-0.3, -0.25) is 0 Å². The average molecular weight is 923 g/mol. The maximum absolute atomic E-state index is 9.29. The van der Waals surface area contributed by atoms with E-state index >= 15 is 0 Å². The van der Waals surface area contributed by atoms with Gasteiger partial charge in [0.25, 0.3) is 0 Å².